The highest BCUT2D eigenvalue weighted by Gasteiger charge is 2.20. The summed E-state index contributed by atoms with van der Waals surface area (Å²) in [5.41, 5.74) is 2.32. The van der Waals surface area contributed by atoms with Gasteiger partial charge >= 0.3 is 0 Å². The zero-order chi connectivity index (χ0) is 16.7. The van der Waals surface area contributed by atoms with Gasteiger partial charge in [0.15, 0.2) is 5.96 Å². The Morgan fingerprint density at radius 3 is 2.83 bits per heavy atom. The Labute approximate surface area is 140 Å². The summed E-state index contributed by atoms with van der Waals surface area (Å²) in [6.07, 6.45) is 3.59. The summed E-state index contributed by atoms with van der Waals surface area (Å²) in [4.78, 5) is 7.16. The summed E-state index contributed by atoms with van der Waals surface area (Å²) in [6, 6.07) is 2.72. The average molecular weight is 320 g/mol. The molecule has 23 heavy (non-hydrogen) atoms. The molecule has 1 aromatic rings. The van der Waals surface area contributed by atoms with Crippen LogP contribution in [-0.2, 0) is 6.54 Å². The summed E-state index contributed by atoms with van der Waals surface area (Å²) in [5.74, 6) is 0.932. The van der Waals surface area contributed by atoms with Crippen LogP contribution >= 0.6 is 0 Å². The van der Waals surface area contributed by atoms with Crippen LogP contribution < -0.4 is 10.6 Å². The van der Waals surface area contributed by atoms with Crippen molar-refractivity contribution in [1.82, 2.24) is 25.3 Å². The second-order valence-corrected chi connectivity index (χ2v) is 6.43. The van der Waals surface area contributed by atoms with Crippen molar-refractivity contribution in [3.8, 4) is 0 Å². The van der Waals surface area contributed by atoms with Gasteiger partial charge in [0.05, 0.1) is 12.2 Å². The molecule has 2 heterocycles. The van der Waals surface area contributed by atoms with E-state index in [1.807, 2.05) is 6.92 Å². The normalized spacial score (nSPS) is 19.3. The van der Waals surface area contributed by atoms with Gasteiger partial charge in [-0.25, -0.2) is 0 Å². The maximum atomic E-state index is 4.74. The summed E-state index contributed by atoms with van der Waals surface area (Å²) in [5, 5.41) is 11.3. The molecular formula is C17H32N6. The van der Waals surface area contributed by atoms with Gasteiger partial charge in [-0.1, -0.05) is 0 Å². The molecule has 130 valence electrons. The Balaban J connectivity index is 1.74. The maximum absolute atomic E-state index is 4.74. The SMILES string of the molecule is CCNC(=NCC1CCCN1C)NCCCn1nc(C)cc1C. The second kappa shape index (κ2) is 8.91. The van der Waals surface area contributed by atoms with Crippen molar-refractivity contribution in [2.24, 2.45) is 4.99 Å². The lowest BCUT2D eigenvalue weighted by atomic mass is 10.2. The van der Waals surface area contributed by atoms with Gasteiger partial charge < -0.3 is 15.5 Å². The van der Waals surface area contributed by atoms with E-state index in [-0.39, 0.29) is 0 Å². The molecule has 1 saturated heterocycles. The molecule has 1 fully saturated rings. The van der Waals surface area contributed by atoms with Gasteiger partial charge in [-0.3, -0.25) is 9.67 Å². The Morgan fingerprint density at radius 1 is 1.39 bits per heavy atom. The van der Waals surface area contributed by atoms with Crippen molar-refractivity contribution in [3.63, 3.8) is 0 Å². The largest absolute Gasteiger partial charge is 0.357 e. The van der Waals surface area contributed by atoms with Crippen molar-refractivity contribution in [2.75, 3.05) is 33.2 Å². The van der Waals surface area contributed by atoms with E-state index < -0.39 is 0 Å². The lowest BCUT2D eigenvalue weighted by Gasteiger charge is -2.18. The number of hydrogen-bond donors (Lipinski definition) is 2. The zero-order valence-electron chi connectivity index (χ0n) is 15.1. The van der Waals surface area contributed by atoms with Crippen LogP contribution in [-0.4, -0.2) is 59.9 Å². The molecule has 0 aromatic carbocycles. The molecule has 6 heteroatoms. The number of aromatic nitrogens is 2. The molecule has 2 rings (SSSR count). The lowest BCUT2D eigenvalue weighted by molar-refractivity contribution is 0.317. The Hall–Kier alpha value is -1.56. The number of likely N-dealkylation sites (tertiary alicyclic amines) is 1. The minimum Gasteiger partial charge on any atom is -0.357 e. The Morgan fingerprint density at radius 2 is 2.22 bits per heavy atom. The van der Waals surface area contributed by atoms with Gasteiger partial charge in [0.2, 0.25) is 0 Å². The average Bonchev–Trinajstić information content (AvgIpc) is 3.06. The van der Waals surface area contributed by atoms with Crippen molar-refractivity contribution in [3.05, 3.63) is 17.5 Å². The molecule has 1 aliphatic rings. The van der Waals surface area contributed by atoms with Crippen LogP contribution in [0.25, 0.3) is 0 Å². The molecule has 1 unspecified atom stereocenters. The Kier molecular flexibility index (Phi) is 6.89. The fraction of sp³-hybridized carbons (Fsp3) is 0.765. The first-order chi connectivity index (χ1) is 11.1. The minimum atomic E-state index is 0.597. The molecule has 0 radical (unpaired) electrons. The van der Waals surface area contributed by atoms with Gasteiger partial charge in [0.25, 0.3) is 0 Å². The summed E-state index contributed by atoms with van der Waals surface area (Å²) < 4.78 is 2.08. The highest BCUT2D eigenvalue weighted by Crippen LogP contribution is 2.14. The summed E-state index contributed by atoms with van der Waals surface area (Å²) in [7, 11) is 2.20. The van der Waals surface area contributed by atoms with Crippen molar-refractivity contribution in [2.45, 2.75) is 52.6 Å². The first-order valence-electron chi connectivity index (χ1n) is 8.83. The number of rotatable bonds is 7. The molecule has 0 aliphatic carbocycles. The van der Waals surface area contributed by atoms with Crippen LogP contribution in [0.5, 0.6) is 0 Å². The first kappa shape index (κ1) is 17.8. The second-order valence-electron chi connectivity index (χ2n) is 6.43. The molecule has 0 amide bonds. The van der Waals surface area contributed by atoms with Gasteiger partial charge in [-0.15, -0.1) is 0 Å². The summed E-state index contributed by atoms with van der Waals surface area (Å²) in [6.45, 7) is 11.1. The third-order valence-corrected chi connectivity index (χ3v) is 4.42. The number of hydrogen-bond acceptors (Lipinski definition) is 3. The fourth-order valence-corrected chi connectivity index (χ4v) is 3.09. The zero-order valence-corrected chi connectivity index (χ0v) is 15.1. The molecule has 0 bridgehead atoms. The van der Waals surface area contributed by atoms with Crippen molar-refractivity contribution >= 4 is 5.96 Å². The number of guanidine groups is 1. The van der Waals surface area contributed by atoms with Gasteiger partial charge in [0.1, 0.15) is 0 Å². The Bertz CT molecular complexity index is 507. The van der Waals surface area contributed by atoms with E-state index in [9.17, 15) is 0 Å². The van der Waals surface area contributed by atoms with E-state index >= 15 is 0 Å². The first-order valence-corrected chi connectivity index (χ1v) is 8.83. The van der Waals surface area contributed by atoms with Crippen molar-refractivity contribution < 1.29 is 0 Å². The minimum absolute atomic E-state index is 0.597. The predicted molar refractivity (Wildman–Crippen MR) is 96.0 cm³/mol. The standard InChI is InChI=1S/C17H32N6/c1-5-18-17(20-13-16-8-6-10-22(16)4)19-9-7-11-23-15(3)12-14(2)21-23/h12,16H,5-11,13H2,1-4H3,(H2,18,19,20). The van der Waals surface area contributed by atoms with Gasteiger partial charge in [-0.2, -0.15) is 5.10 Å². The van der Waals surface area contributed by atoms with Crippen LogP contribution in [0.2, 0.25) is 0 Å². The third-order valence-electron chi connectivity index (χ3n) is 4.42. The van der Waals surface area contributed by atoms with Crippen LogP contribution in [0.4, 0.5) is 0 Å². The van der Waals surface area contributed by atoms with E-state index in [1.54, 1.807) is 0 Å². The molecule has 6 nitrogen and oxygen atoms in total. The van der Waals surface area contributed by atoms with E-state index in [0.717, 1.165) is 44.3 Å². The quantitative estimate of drug-likeness (QED) is 0.454. The smallest absolute Gasteiger partial charge is 0.191 e. The number of nitrogens with one attached hydrogen (secondary N) is 2. The molecule has 1 aromatic heterocycles. The van der Waals surface area contributed by atoms with Crippen LogP contribution in [0, 0.1) is 13.8 Å². The number of aliphatic imine (C=N–C) groups is 1. The molecule has 0 spiro atoms. The monoisotopic (exact) mass is 320 g/mol. The van der Waals surface area contributed by atoms with Crippen LogP contribution in [0.1, 0.15) is 37.6 Å². The highest BCUT2D eigenvalue weighted by molar-refractivity contribution is 5.79. The highest BCUT2D eigenvalue weighted by atomic mass is 15.3. The summed E-state index contributed by atoms with van der Waals surface area (Å²) >= 11 is 0. The molecule has 2 N–H and O–H groups in total. The van der Waals surface area contributed by atoms with Crippen LogP contribution in [0.3, 0.4) is 0 Å². The number of nitrogens with zero attached hydrogens (tertiary/aromatic N) is 4. The van der Waals surface area contributed by atoms with E-state index in [2.05, 4.69) is 52.3 Å². The van der Waals surface area contributed by atoms with E-state index in [4.69, 9.17) is 4.99 Å². The molecular weight excluding hydrogens is 288 g/mol. The van der Waals surface area contributed by atoms with E-state index in [0.29, 0.717) is 6.04 Å². The van der Waals surface area contributed by atoms with E-state index in [1.165, 1.54) is 25.1 Å². The van der Waals surface area contributed by atoms with Gasteiger partial charge in [-0.05, 0) is 59.7 Å². The lowest BCUT2D eigenvalue weighted by Crippen LogP contribution is -2.39. The molecule has 1 aliphatic heterocycles. The molecule has 0 saturated carbocycles. The third kappa shape index (κ3) is 5.53. The topological polar surface area (TPSA) is 57.5 Å². The number of likely N-dealkylation sites (N-methyl/N-ethyl adjacent to an activating group) is 1. The van der Waals surface area contributed by atoms with Gasteiger partial charge in [0, 0.05) is 31.4 Å². The van der Waals surface area contributed by atoms with Crippen LogP contribution in [0.15, 0.2) is 11.1 Å². The maximum Gasteiger partial charge on any atom is 0.191 e. The molecule has 1 atom stereocenters. The van der Waals surface area contributed by atoms with Crippen molar-refractivity contribution in [1.29, 1.82) is 0 Å². The fourth-order valence-electron chi connectivity index (χ4n) is 3.09. The number of aryl methyl sites for hydroxylation is 3. The predicted octanol–water partition coefficient (Wildman–Crippen LogP) is 1.54.